The smallest absolute Gasteiger partial charge is 0.00439 e. The summed E-state index contributed by atoms with van der Waals surface area (Å²) in [6, 6.07) is 1.46. The molecule has 1 heterocycles. The first-order valence-electron chi connectivity index (χ1n) is 4.85. The predicted molar refractivity (Wildman–Crippen MR) is 49.6 cm³/mol. The molecule has 1 N–H and O–H groups in total. The van der Waals surface area contributed by atoms with Crippen LogP contribution in [0.5, 0.6) is 0 Å². The molecule has 0 aliphatic carbocycles. The summed E-state index contributed by atoms with van der Waals surface area (Å²) in [7, 11) is 0. The third-order valence-corrected chi connectivity index (χ3v) is 2.82. The molecule has 0 amide bonds. The lowest BCUT2D eigenvalue weighted by atomic mass is 9.81. The van der Waals surface area contributed by atoms with Gasteiger partial charge in [0.2, 0.25) is 0 Å². The molecule has 11 heavy (non-hydrogen) atoms. The second-order valence-electron chi connectivity index (χ2n) is 4.44. The lowest BCUT2D eigenvalue weighted by Crippen LogP contribution is -2.43. The van der Waals surface area contributed by atoms with Crippen LogP contribution >= 0.6 is 0 Å². The molecule has 1 nitrogen and oxygen atoms in total. The molecule has 0 spiro atoms. The van der Waals surface area contributed by atoms with E-state index in [1.807, 2.05) is 0 Å². The Labute approximate surface area is 70.6 Å². The fourth-order valence-corrected chi connectivity index (χ4v) is 2.17. The van der Waals surface area contributed by atoms with Gasteiger partial charge in [-0.15, -0.1) is 0 Å². The van der Waals surface area contributed by atoms with Crippen LogP contribution in [0, 0.1) is 11.8 Å². The van der Waals surface area contributed by atoms with Crippen molar-refractivity contribution < 1.29 is 0 Å². The summed E-state index contributed by atoms with van der Waals surface area (Å²) in [5, 5.41) is 3.56. The van der Waals surface area contributed by atoms with Crippen LogP contribution in [0.4, 0.5) is 0 Å². The van der Waals surface area contributed by atoms with Crippen molar-refractivity contribution in [3.8, 4) is 0 Å². The summed E-state index contributed by atoms with van der Waals surface area (Å²) in [5.74, 6) is 1.81. The Hall–Kier alpha value is -0.0400. The first kappa shape index (κ1) is 9.05. The van der Waals surface area contributed by atoms with Gasteiger partial charge in [0.15, 0.2) is 0 Å². The van der Waals surface area contributed by atoms with Crippen molar-refractivity contribution in [1.29, 1.82) is 0 Å². The molecule has 2 atom stereocenters. The zero-order chi connectivity index (χ0) is 8.43. The van der Waals surface area contributed by atoms with Crippen molar-refractivity contribution in [3.63, 3.8) is 0 Å². The average Bonchev–Trinajstić information content (AvgIpc) is 1.85. The first-order chi connectivity index (χ1) is 5.09. The van der Waals surface area contributed by atoms with Crippen molar-refractivity contribution in [2.24, 2.45) is 11.8 Å². The normalized spacial score (nSPS) is 39.5. The van der Waals surface area contributed by atoms with E-state index in [1.165, 1.54) is 12.8 Å². The Balaban J connectivity index is 2.43. The van der Waals surface area contributed by atoms with Crippen LogP contribution in [-0.4, -0.2) is 12.1 Å². The summed E-state index contributed by atoms with van der Waals surface area (Å²) in [6.45, 7) is 9.28. The highest BCUT2D eigenvalue weighted by Crippen LogP contribution is 2.26. The van der Waals surface area contributed by atoms with Crippen molar-refractivity contribution in [1.82, 2.24) is 5.32 Å². The van der Waals surface area contributed by atoms with E-state index in [0.29, 0.717) is 0 Å². The number of hydrogen-bond acceptors (Lipinski definition) is 1. The topological polar surface area (TPSA) is 12.0 Å². The van der Waals surface area contributed by atoms with E-state index in [0.717, 1.165) is 23.9 Å². The van der Waals surface area contributed by atoms with Crippen molar-refractivity contribution in [2.45, 2.75) is 52.6 Å². The fraction of sp³-hybridized carbons (Fsp3) is 1.00. The minimum absolute atomic E-state index is 0.728. The monoisotopic (exact) mass is 155 g/mol. The van der Waals surface area contributed by atoms with Gasteiger partial charge in [-0.2, -0.15) is 0 Å². The molecule has 0 unspecified atom stereocenters. The number of piperidine rings is 1. The van der Waals surface area contributed by atoms with E-state index < -0.39 is 0 Å². The Bertz CT molecular complexity index is 110. The molecule has 1 aliphatic heterocycles. The summed E-state index contributed by atoms with van der Waals surface area (Å²) in [4.78, 5) is 0. The van der Waals surface area contributed by atoms with Crippen molar-refractivity contribution in [3.05, 3.63) is 0 Å². The second kappa shape index (κ2) is 3.57. The van der Waals surface area contributed by atoms with Crippen molar-refractivity contribution >= 4 is 0 Å². The summed E-state index contributed by atoms with van der Waals surface area (Å²) < 4.78 is 0. The molecule has 0 radical (unpaired) electrons. The SMILES string of the molecule is CC(C)C1C[C@H](C)N[C@@H](C)C1. The van der Waals surface area contributed by atoms with Crippen LogP contribution in [-0.2, 0) is 0 Å². The fourth-order valence-electron chi connectivity index (χ4n) is 2.17. The molecule has 0 saturated carbocycles. The minimum atomic E-state index is 0.728. The molecule has 1 saturated heterocycles. The minimum Gasteiger partial charge on any atom is -0.312 e. The van der Waals surface area contributed by atoms with Gasteiger partial charge in [-0.1, -0.05) is 13.8 Å². The molecule has 0 aromatic heterocycles. The van der Waals surface area contributed by atoms with Gasteiger partial charge in [0.1, 0.15) is 0 Å². The van der Waals surface area contributed by atoms with E-state index >= 15 is 0 Å². The zero-order valence-electron chi connectivity index (χ0n) is 8.22. The molecule has 0 aromatic carbocycles. The lowest BCUT2D eigenvalue weighted by molar-refractivity contribution is 0.213. The summed E-state index contributed by atoms with van der Waals surface area (Å²) in [6.07, 6.45) is 2.73. The quantitative estimate of drug-likeness (QED) is 0.613. The summed E-state index contributed by atoms with van der Waals surface area (Å²) in [5.41, 5.74) is 0. The van der Waals surface area contributed by atoms with E-state index in [2.05, 4.69) is 33.0 Å². The van der Waals surface area contributed by atoms with E-state index in [9.17, 15) is 0 Å². The third kappa shape index (κ3) is 2.48. The molecular weight excluding hydrogens is 134 g/mol. The van der Waals surface area contributed by atoms with Crippen LogP contribution in [0.3, 0.4) is 0 Å². The predicted octanol–water partition coefficient (Wildman–Crippen LogP) is 2.42. The molecule has 0 aromatic rings. The molecule has 1 fully saturated rings. The van der Waals surface area contributed by atoms with Crippen molar-refractivity contribution in [2.75, 3.05) is 0 Å². The number of rotatable bonds is 1. The van der Waals surface area contributed by atoms with E-state index in [1.54, 1.807) is 0 Å². The van der Waals surface area contributed by atoms with Gasteiger partial charge in [0.05, 0.1) is 0 Å². The van der Waals surface area contributed by atoms with Gasteiger partial charge < -0.3 is 5.32 Å². The summed E-state index contributed by atoms with van der Waals surface area (Å²) >= 11 is 0. The van der Waals surface area contributed by atoms with Gasteiger partial charge >= 0.3 is 0 Å². The molecule has 1 heteroatoms. The van der Waals surface area contributed by atoms with Crippen LogP contribution in [0.2, 0.25) is 0 Å². The average molecular weight is 155 g/mol. The standard InChI is InChI=1S/C10H21N/c1-7(2)10-5-8(3)11-9(4)6-10/h7-11H,5-6H2,1-4H3/t8-,9-/m0/s1. The van der Waals surface area contributed by atoms with E-state index in [4.69, 9.17) is 0 Å². The van der Waals surface area contributed by atoms with Gasteiger partial charge in [0, 0.05) is 12.1 Å². The van der Waals surface area contributed by atoms with Crippen LogP contribution < -0.4 is 5.32 Å². The molecular formula is C10H21N. The van der Waals surface area contributed by atoms with Crippen LogP contribution in [0.1, 0.15) is 40.5 Å². The highest BCUT2D eigenvalue weighted by Gasteiger charge is 2.24. The maximum absolute atomic E-state index is 3.56. The highest BCUT2D eigenvalue weighted by atomic mass is 15.0. The number of nitrogens with one attached hydrogen (secondary N) is 1. The molecule has 66 valence electrons. The van der Waals surface area contributed by atoms with Crippen LogP contribution in [0.25, 0.3) is 0 Å². The Kier molecular flexibility index (Phi) is 2.94. The molecule has 1 aliphatic rings. The third-order valence-electron chi connectivity index (χ3n) is 2.82. The molecule has 0 bridgehead atoms. The Morgan fingerprint density at radius 3 is 1.91 bits per heavy atom. The van der Waals surface area contributed by atoms with E-state index in [-0.39, 0.29) is 0 Å². The Morgan fingerprint density at radius 1 is 1.09 bits per heavy atom. The number of hydrogen-bond donors (Lipinski definition) is 1. The highest BCUT2D eigenvalue weighted by molar-refractivity contribution is 4.81. The zero-order valence-corrected chi connectivity index (χ0v) is 8.22. The second-order valence-corrected chi connectivity index (χ2v) is 4.44. The lowest BCUT2D eigenvalue weighted by Gasteiger charge is -2.35. The maximum Gasteiger partial charge on any atom is 0.00439 e. The maximum atomic E-state index is 3.56. The molecule has 1 rings (SSSR count). The first-order valence-corrected chi connectivity index (χ1v) is 4.85. The van der Waals surface area contributed by atoms with Gasteiger partial charge in [0.25, 0.3) is 0 Å². The van der Waals surface area contributed by atoms with Gasteiger partial charge in [-0.3, -0.25) is 0 Å². The van der Waals surface area contributed by atoms with Gasteiger partial charge in [-0.25, -0.2) is 0 Å². The van der Waals surface area contributed by atoms with Crippen LogP contribution in [0.15, 0.2) is 0 Å². The van der Waals surface area contributed by atoms with Gasteiger partial charge in [-0.05, 0) is 38.5 Å². The Morgan fingerprint density at radius 2 is 1.55 bits per heavy atom. The largest absolute Gasteiger partial charge is 0.312 e.